The van der Waals surface area contributed by atoms with Gasteiger partial charge in [0.15, 0.2) is 10.7 Å². The third-order valence-electron chi connectivity index (χ3n) is 6.17. The van der Waals surface area contributed by atoms with E-state index in [9.17, 15) is 9.59 Å². The zero-order chi connectivity index (χ0) is 23.7. The Kier molecular flexibility index (Phi) is 4.45. The predicted molar refractivity (Wildman–Crippen MR) is 135 cm³/mol. The number of thiocarbonyl (C=S) groups is 1. The first-order valence-electron chi connectivity index (χ1n) is 10.5. The van der Waals surface area contributed by atoms with Crippen LogP contribution in [0.15, 0.2) is 75.9 Å². The fourth-order valence-corrected chi connectivity index (χ4v) is 4.92. The highest BCUT2D eigenvalue weighted by Gasteiger charge is 2.40. The first-order valence-corrected chi connectivity index (χ1v) is 11.3. The monoisotopic (exact) mass is 488 g/mol. The molecule has 2 aromatic carbocycles. The number of fused-ring (bicyclic) bond motifs is 3. The Balaban J connectivity index is 1.47. The molecule has 9 heteroatoms. The van der Waals surface area contributed by atoms with Gasteiger partial charge in [0, 0.05) is 29.8 Å². The Morgan fingerprint density at radius 2 is 1.68 bits per heavy atom. The normalized spacial score (nSPS) is 13.3. The minimum atomic E-state index is -0.365. The number of aromatic nitrogens is 3. The third kappa shape index (κ3) is 2.79. The maximum absolute atomic E-state index is 13.5. The Morgan fingerprint density at radius 3 is 2.38 bits per heavy atom. The molecule has 0 radical (unpaired) electrons. The Hall–Kier alpha value is -3.88. The van der Waals surface area contributed by atoms with E-state index in [4.69, 9.17) is 28.2 Å². The lowest BCUT2D eigenvalue weighted by Gasteiger charge is -2.14. The molecular weight excluding hydrogens is 472 g/mol. The molecule has 4 heterocycles. The quantitative estimate of drug-likeness (QED) is 0.330. The highest BCUT2D eigenvalue weighted by Crippen LogP contribution is 2.35. The van der Waals surface area contributed by atoms with E-state index in [1.165, 1.54) is 9.58 Å². The second-order valence-corrected chi connectivity index (χ2v) is 8.87. The van der Waals surface area contributed by atoms with Crippen LogP contribution in [-0.2, 0) is 7.05 Å². The minimum Gasteiger partial charge on any atom is -0.454 e. The van der Waals surface area contributed by atoms with Crippen molar-refractivity contribution < 1.29 is 9.21 Å². The Labute approximate surface area is 204 Å². The van der Waals surface area contributed by atoms with Crippen LogP contribution in [0.3, 0.4) is 0 Å². The molecule has 0 bridgehead atoms. The number of benzene rings is 2. The van der Waals surface area contributed by atoms with Gasteiger partial charge in [-0.3, -0.25) is 18.8 Å². The van der Waals surface area contributed by atoms with E-state index >= 15 is 0 Å². The molecule has 1 amide bonds. The molecule has 5 aromatic rings. The molecule has 1 aliphatic rings. The number of anilines is 1. The first-order chi connectivity index (χ1) is 16.4. The lowest BCUT2D eigenvalue weighted by Crippen LogP contribution is -2.35. The van der Waals surface area contributed by atoms with Crippen LogP contribution in [0.1, 0.15) is 16.2 Å². The fourth-order valence-electron chi connectivity index (χ4n) is 4.42. The largest absolute Gasteiger partial charge is 0.454 e. The van der Waals surface area contributed by atoms with E-state index < -0.39 is 0 Å². The molecule has 34 heavy (non-hydrogen) atoms. The van der Waals surface area contributed by atoms with E-state index in [1.807, 2.05) is 48.5 Å². The van der Waals surface area contributed by atoms with Crippen LogP contribution in [0, 0.1) is 6.92 Å². The van der Waals surface area contributed by atoms with Crippen molar-refractivity contribution in [3.05, 3.63) is 93.5 Å². The van der Waals surface area contributed by atoms with Crippen LogP contribution in [0.5, 0.6) is 0 Å². The van der Waals surface area contributed by atoms with Gasteiger partial charge in [-0.25, -0.2) is 9.58 Å². The van der Waals surface area contributed by atoms with Crippen LogP contribution < -0.4 is 10.5 Å². The molecule has 0 fully saturated rings. The van der Waals surface area contributed by atoms with Gasteiger partial charge in [0.2, 0.25) is 0 Å². The maximum Gasteiger partial charge on any atom is 0.296 e. The second-order valence-electron chi connectivity index (χ2n) is 8.07. The summed E-state index contributed by atoms with van der Waals surface area (Å²) in [5.41, 5.74) is 3.66. The van der Waals surface area contributed by atoms with Crippen LogP contribution in [0.25, 0.3) is 28.1 Å². The molecule has 0 unspecified atom stereocenters. The number of amides is 1. The molecule has 168 valence electrons. The van der Waals surface area contributed by atoms with Crippen molar-refractivity contribution in [1.82, 2.24) is 13.9 Å². The molecule has 0 aliphatic carbocycles. The molecule has 0 spiro atoms. The number of rotatable bonds is 3. The maximum atomic E-state index is 13.5. The summed E-state index contributed by atoms with van der Waals surface area (Å²) in [7, 11) is 1.78. The van der Waals surface area contributed by atoms with Gasteiger partial charge >= 0.3 is 0 Å². The Morgan fingerprint density at radius 1 is 0.971 bits per heavy atom. The summed E-state index contributed by atoms with van der Waals surface area (Å²) in [6.07, 6.45) is 0. The number of halogens is 1. The lowest BCUT2D eigenvalue weighted by atomic mass is 10.2. The van der Waals surface area contributed by atoms with Crippen molar-refractivity contribution >= 4 is 51.6 Å². The van der Waals surface area contributed by atoms with Gasteiger partial charge in [-0.05, 0) is 55.5 Å². The van der Waals surface area contributed by atoms with Gasteiger partial charge in [0.05, 0.1) is 16.9 Å². The predicted octanol–water partition coefficient (Wildman–Crippen LogP) is 5.15. The summed E-state index contributed by atoms with van der Waals surface area (Å²) in [6, 6.07) is 20.1. The minimum absolute atomic E-state index is 0.212. The number of furan rings is 1. The number of hydrogen-bond acceptors (Lipinski definition) is 4. The zero-order valence-electron chi connectivity index (χ0n) is 18.2. The number of nitrogens with zero attached hydrogens (tertiary/aromatic N) is 4. The second kappa shape index (κ2) is 7.31. The standard InChI is InChI=1S/C25H17ClN4O3S/c1-14-22(24(32)30(27(14)2)17-6-4-3-5-7-17)29-23(31)19-13-21-18(28(19)25(29)34)12-20(33-21)15-8-10-16(26)11-9-15/h3-13H,1-2H3. The van der Waals surface area contributed by atoms with Crippen molar-refractivity contribution in [3.63, 3.8) is 0 Å². The van der Waals surface area contributed by atoms with Crippen LogP contribution in [-0.4, -0.2) is 25.0 Å². The fraction of sp³-hybridized carbons (Fsp3) is 0.0800. The van der Waals surface area contributed by atoms with Gasteiger partial charge in [0.1, 0.15) is 17.1 Å². The summed E-state index contributed by atoms with van der Waals surface area (Å²) in [5.74, 6) is 0.267. The van der Waals surface area contributed by atoms with Crippen LogP contribution >= 0.6 is 23.8 Å². The SMILES string of the molecule is Cc1c(N2C(=O)c3cc4oc(-c5ccc(Cl)cc5)cc4n3C2=S)c(=O)n(-c2ccccc2)n1C. The average Bonchev–Trinajstić information content (AvgIpc) is 3.51. The lowest BCUT2D eigenvalue weighted by molar-refractivity contribution is 0.100. The van der Waals surface area contributed by atoms with Crippen molar-refractivity contribution in [2.75, 3.05) is 4.90 Å². The van der Waals surface area contributed by atoms with E-state index in [1.54, 1.807) is 41.4 Å². The van der Waals surface area contributed by atoms with Crippen molar-refractivity contribution in [2.45, 2.75) is 6.92 Å². The van der Waals surface area contributed by atoms with Gasteiger partial charge < -0.3 is 4.42 Å². The van der Waals surface area contributed by atoms with E-state index in [0.717, 1.165) is 5.56 Å². The molecule has 0 saturated carbocycles. The van der Waals surface area contributed by atoms with Gasteiger partial charge in [0.25, 0.3) is 11.5 Å². The molecule has 6 rings (SSSR count). The van der Waals surface area contributed by atoms with Gasteiger partial charge in [-0.2, -0.15) is 0 Å². The molecule has 7 nitrogen and oxygen atoms in total. The van der Waals surface area contributed by atoms with Crippen LogP contribution in [0.4, 0.5) is 5.69 Å². The summed E-state index contributed by atoms with van der Waals surface area (Å²) in [4.78, 5) is 28.2. The smallest absolute Gasteiger partial charge is 0.296 e. The number of hydrogen-bond donors (Lipinski definition) is 0. The summed E-state index contributed by atoms with van der Waals surface area (Å²) in [5, 5.41) is 0.843. The first kappa shape index (κ1) is 20.7. The van der Waals surface area contributed by atoms with Crippen LogP contribution in [0.2, 0.25) is 5.02 Å². The highest BCUT2D eigenvalue weighted by molar-refractivity contribution is 7.80. The summed E-state index contributed by atoms with van der Waals surface area (Å²) < 4.78 is 10.9. The van der Waals surface area contributed by atoms with Crippen molar-refractivity contribution in [2.24, 2.45) is 7.05 Å². The van der Waals surface area contributed by atoms with Crippen molar-refractivity contribution in [3.8, 4) is 17.0 Å². The molecule has 1 aliphatic heterocycles. The van der Waals surface area contributed by atoms with Gasteiger partial charge in [-0.1, -0.05) is 29.8 Å². The number of carbonyl (C=O) groups is 1. The van der Waals surface area contributed by atoms with E-state index in [-0.39, 0.29) is 22.3 Å². The van der Waals surface area contributed by atoms with E-state index in [0.29, 0.717) is 39.0 Å². The molecule has 0 atom stereocenters. The topological polar surface area (TPSA) is 65.3 Å². The van der Waals surface area contributed by atoms with E-state index in [2.05, 4.69) is 0 Å². The third-order valence-corrected chi connectivity index (χ3v) is 6.79. The van der Waals surface area contributed by atoms with Gasteiger partial charge in [-0.15, -0.1) is 0 Å². The molecule has 3 aromatic heterocycles. The highest BCUT2D eigenvalue weighted by atomic mass is 35.5. The molecule has 0 N–H and O–H groups in total. The summed E-state index contributed by atoms with van der Waals surface area (Å²) in [6.45, 7) is 1.80. The number of para-hydroxylation sites is 1. The average molecular weight is 489 g/mol. The number of carbonyl (C=O) groups excluding carboxylic acids is 1. The van der Waals surface area contributed by atoms with Crippen molar-refractivity contribution in [1.29, 1.82) is 0 Å². The molecular formula is C25H17ClN4O3S. The zero-order valence-corrected chi connectivity index (χ0v) is 19.7. The molecule has 0 saturated heterocycles. The Bertz CT molecular complexity index is 1690. The summed E-state index contributed by atoms with van der Waals surface area (Å²) >= 11 is 11.7.